The van der Waals surface area contributed by atoms with Crippen LogP contribution in [0.25, 0.3) is 0 Å². The SMILES string of the molecule is Cc1ccc(S(=O)(=O)OCc2cccnc2COS(=O)(=O)c2ccc(C)cc2)cc1. The Labute approximate surface area is 176 Å². The molecule has 0 bridgehead atoms. The quantitative estimate of drug-likeness (QED) is 0.487. The van der Waals surface area contributed by atoms with Crippen LogP contribution in [0, 0.1) is 13.8 Å². The lowest BCUT2D eigenvalue weighted by atomic mass is 10.2. The Bertz CT molecular complexity index is 1120. The van der Waals surface area contributed by atoms with Gasteiger partial charge in [-0.05, 0) is 44.2 Å². The molecule has 30 heavy (non-hydrogen) atoms. The van der Waals surface area contributed by atoms with E-state index in [1.165, 1.54) is 30.5 Å². The van der Waals surface area contributed by atoms with Crippen molar-refractivity contribution in [2.24, 2.45) is 0 Å². The molecule has 0 radical (unpaired) electrons. The zero-order chi connectivity index (χ0) is 21.8. The van der Waals surface area contributed by atoms with E-state index in [0.717, 1.165) is 11.1 Å². The number of aryl methyl sites for hydroxylation is 2. The van der Waals surface area contributed by atoms with E-state index in [1.807, 2.05) is 13.8 Å². The van der Waals surface area contributed by atoms with Gasteiger partial charge in [-0.1, -0.05) is 41.5 Å². The molecule has 0 unspecified atom stereocenters. The molecule has 0 N–H and O–H groups in total. The minimum atomic E-state index is -3.98. The van der Waals surface area contributed by atoms with Crippen molar-refractivity contribution in [2.75, 3.05) is 0 Å². The molecule has 1 aromatic heterocycles. The summed E-state index contributed by atoms with van der Waals surface area (Å²) in [7, 11) is -7.95. The molecular formula is C21H21NO6S2. The largest absolute Gasteiger partial charge is 0.297 e. The smallest absolute Gasteiger partial charge is 0.261 e. The first-order valence-electron chi connectivity index (χ1n) is 9.02. The van der Waals surface area contributed by atoms with Crippen LogP contribution in [-0.4, -0.2) is 21.8 Å². The highest BCUT2D eigenvalue weighted by Gasteiger charge is 2.19. The van der Waals surface area contributed by atoms with E-state index in [0.29, 0.717) is 5.56 Å². The molecule has 0 atom stereocenters. The summed E-state index contributed by atoms with van der Waals surface area (Å²) in [6, 6.07) is 15.8. The molecule has 0 fully saturated rings. The van der Waals surface area contributed by atoms with Gasteiger partial charge in [-0.3, -0.25) is 13.4 Å². The molecule has 0 aliphatic carbocycles. The van der Waals surface area contributed by atoms with Gasteiger partial charge < -0.3 is 0 Å². The standard InChI is InChI=1S/C21H21NO6S2/c1-16-5-9-19(10-6-16)29(23,24)27-14-18-4-3-13-22-21(18)15-28-30(25,26)20-11-7-17(2)8-12-20/h3-13H,14-15H2,1-2H3. The number of benzene rings is 2. The Morgan fingerprint density at radius 1 is 0.700 bits per heavy atom. The normalized spacial score (nSPS) is 12.1. The highest BCUT2D eigenvalue weighted by atomic mass is 32.2. The monoisotopic (exact) mass is 447 g/mol. The van der Waals surface area contributed by atoms with Crippen molar-refractivity contribution < 1.29 is 25.2 Å². The molecule has 7 nitrogen and oxygen atoms in total. The van der Waals surface area contributed by atoms with Crippen molar-refractivity contribution in [1.29, 1.82) is 0 Å². The number of pyridine rings is 1. The van der Waals surface area contributed by atoms with Crippen molar-refractivity contribution in [1.82, 2.24) is 4.98 Å². The van der Waals surface area contributed by atoms with E-state index in [1.54, 1.807) is 36.4 Å². The summed E-state index contributed by atoms with van der Waals surface area (Å²) < 4.78 is 59.8. The van der Waals surface area contributed by atoms with Crippen molar-refractivity contribution in [2.45, 2.75) is 36.9 Å². The van der Waals surface area contributed by atoms with Crippen molar-refractivity contribution >= 4 is 20.2 Å². The second kappa shape index (κ2) is 9.05. The van der Waals surface area contributed by atoms with Gasteiger partial charge in [0, 0.05) is 11.8 Å². The molecular weight excluding hydrogens is 426 g/mol. The Hall–Kier alpha value is -2.59. The summed E-state index contributed by atoms with van der Waals surface area (Å²) in [5.74, 6) is 0. The topological polar surface area (TPSA) is 99.6 Å². The third-order valence-corrected chi connectivity index (χ3v) is 6.88. The molecule has 158 valence electrons. The predicted octanol–water partition coefficient (Wildman–Crippen LogP) is 3.51. The van der Waals surface area contributed by atoms with Gasteiger partial charge in [0.25, 0.3) is 20.2 Å². The number of aromatic nitrogens is 1. The summed E-state index contributed by atoms with van der Waals surface area (Å²) in [6.45, 7) is 3.06. The van der Waals surface area contributed by atoms with Crippen molar-refractivity contribution in [3.05, 3.63) is 89.2 Å². The highest BCUT2D eigenvalue weighted by molar-refractivity contribution is 7.87. The van der Waals surface area contributed by atoms with Crippen molar-refractivity contribution in [3.8, 4) is 0 Å². The summed E-state index contributed by atoms with van der Waals surface area (Å²) in [6.07, 6.45) is 1.47. The summed E-state index contributed by atoms with van der Waals surface area (Å²) in [5.41, 5.74) is 2.53. The van der Waals surface area contributed by atoms with Crippen LogP contribution in [-0.2, 0) is 41.8 Å². The minimum absolute atomic E-state index is 0.0313. The van der Waals surface area contributed by atoms with Crippen molar-refractivity contribution in [3.63, 3.8) is 0 Å². The molecule has 3 rings (SSSR count). The average molecular weight is 448 g/mol. The van der Waals surface area contributed by atoms with Crippen LogP contribution in [0.15, 0.2) is 76.7 Å². The molecule has 0 saturated carbocycles. The number of hydrogen-bond donors (Lipinski definition) is 0. The Balaban J connectivity index is 1.71. The lowest BCUT2D eigenvalue weighted by molar-refractivity contribution is 0.284. The van der Waals surface area contributed by atoms with Crippen LogP contribution < -0.4 is 0 Å². The maximum atomic E-state index is 12.4. The predicted molar refractivity (Wildman–Crippen MR) is 111 cm³/mol. The average Bonchev–Trinajstić information content (AvgIpc) is 2.72. The maximum Gasteiger partial charge on any atom is 0.297 e. The van der Waals surface area contributed by atoms with Crippen LogP contribution in [0.5, 0.6) is 0 Å². The van der Waals surface area contributed by atoms with Gasteiger partial charge in [-0.2, -0.15) is 16.8 Å². The Morgan fingerprint density at radius 3 is 1.67 bits per heavy atom. The first-order chi connectivity index (χ1) is 14.2. The fraction of sp³-hybridized carbons (Fsp3) is 0.190. The van der Waals surface area contributed by atoms with E-state index >= 15 is 0 Å². The van der Waals surface area contributed by atoms with Gasteiger partial charge in [0.15, 0.2) is 0 Å². The van der Waals surface area contributed by atoms with Crippen LogP contribution in [0.1, 0.15) is 22.4 Å². The van der Waals surface area contributed by atoms with E-state index in [9.17, 15) is 16.8 Å². The molecule has 2 aromatic carbocycles. The third-order valence-electron chi connectivity index (χ3n) is 4.32. The second-order valence-corrected chi connectivity index (χ2v) is 9.90. The number of hydrogen-bond acceptors (Lipinski definition) is 7. The maximum absolute atomic E-state index is 12.4. The van der Waals surface area contributed by atoms with E-state index in [4.69, 9.17) is 8.37 Å². The lowest BCUT2D eigenvalue weighted by Crippen LogP contribution is -2.11. The Morgan fingerprint density at radius 2 is 1.17 bits per heavy atom. The Kier molecular flexibility index (Phi) is 6.67. The van der Waals surface area contributed by atoms with Gasteiger partial charge in [-0.25, -0.2) is 0 Å². The molecule has 0 spiro atoms. The summed E-state index contributed by atoms with van der Waals surface area (Å²) in [5, 5.41) is 0. The van der Waals surface area contributed by atoms with Crippen LogP contribution >= 0.6 is 0 Å². The van der Waals surface area contributed by atoms with E-state index < -0.39 is 20.2 Å². The van der Waals surface area contributed by atoms with Gasteiger partial charge in [0.1, 0.15) is 6.61 Å². The number of rotatable bonds is 8. The molecule has 0 saturated heterocycles. The summed E-state index contributed by atoms with van der Waals surface area (Å²) in [4.78, 5) is 4.18. The molecule has 0 aliphatic rings. The fourth-order valence-electron chi connectivity index (χ4n) is 2.55. The van der Waals surface area contributed by atoms with Crippen LogP contribution in [0.3, 0.4) is 0 Å². The molecule has 0 amide bonds. The zero-order valence-corrected chi connectivity index (χ0v) is 18.1. The molecule has 9 heteroatoms. The van der Waals surface area contributed by atoms with E-state index in [-0.39, 0.29) is 28.7 Å². The fourth-order valence-corrected chi connectivity index (χ4v) is 4.31. The molecule has 0 aliphatic heterocycles. The van der Waals surface area contributed by atoms with Crippen LogP contribution in [0.4, 0.5) is 0 Å². The minimum Gasteiger partial charge on any atom is -0.261 e. The lowest BCUT2D eigenvalue weighted by Gasteiger charge is -2.11. The highest BCUT2D eigenvalue weighted by Crippen LogP contribution is 2.19. The van der Waals surface area contributed by atoms with Gasteiger partial charge in [0.05, 0.1) is 22.1 Å². The summed E-state index contributed by atoms with van der Waals surface area (Å²) >= 11 is 0. The van der Waals surface area contributed by atoms with Gasteiger partial charge in [0.2, 0.25) is 0 Å². The first kappa shape index (κ1) is 22.1. The van der Waals surface area contributed by atoms with Gasteiger partial charge in [-0.15, -0.1) is 0 Å². The van der Waals surface area contributed by atoms with E-state index in [2.05, 4.69) is 4.98 Å². The molecule has 1 heterocycles. The zero-order valence-electron chi connectivity index (χ0n) is 16.5. The second-order valence-electron chi connectivity index (χ2n) is 6.67. The first-order valence-corrected chi connectivity index (χ1v) is 11.8. The third kappa shape index (κ3) is 5.51. The molecule has 3 aromatic rings. The number of nitrogens with zero attached hydrogens (tertiary/aromatic N) is 1. The van der Waals surface area contributed by atoms with Gasteiger partial charge >= 0.3 is 0 Å². The van der Waals surface area contributed by atoms with Crippen LogP contribution in [0.2, 0.25) is 0 Å².